The van der Waals surface area contributed by atoms with E-state index >= 15 is 0 Å². The number of hydrogen-bond donors (Lipinski definition) is 1. The second-order valence-electron chi connectivity index (χ2n) is 10.6. The molecule has 32 heavy (non-hydrogen) atoms. The molecule has 2 aromatic carbocycles. The van der Waals surface area contributed by atoms with Gasteiger partial charge in [0, 0.05) is 35.1 Å². The highest BCUT2D eigenvalue weighted by molar-refractivity contribution is 6.32. The average molecular weight is 448 g/mol. The first-order chi connectivity index (χ1) is 15.2. The Kier molecular flexibility index (Phi) is 4.06. The maximum absolute atomic E-state index is 13.6. The molecule has 1 aromatic heterocycles. The minimum Gasteiger partial charge on any atom is -0.481 e. The zero-order valence-electron chi connectivity index (χ0n) is 18.2. The second-order valence-corrected chi connectivity index (χ2v) is 11.0. The van der Waals surface area contributed by atoms with Gasteiger partial charge in [0.1, 0.15) is 0 Å². The van der Waals surface area contributed by atoms with Crippen molar-refractivity contribution in [1.29, 1.82) is 0 Å². The largest absolute Gasteiger partial charge is 0.481 e. The molecular formula is C27H26ClNO3. The zero-order valence-corrected chi connectivity index (χ0v) is 18.9. The highest BCUT2D eigenvalue weighted by Gasteiger charge is 2.80. The van der Waals surface area contributed by atoms with Gasteiger partial charge in [-0.1, -0.05) is 41.4 Å². The number of carbonyl (C=O) groups is 2. The third kappa shape index (κ3) is 2.75. The lowest BCUT2D eigenvalue weighted by atomic mass is 9.30. The first-order valence-corrected chi connectivity index (χ1v) is 11.7. The number of ketones is 1. The maximum Gasteiger partial charge on any atom is 0.309 e. The lowest BCUT2D eigenvalue weighted by Gasteiger charge is -2.72. The highest BCUT2D eigenvalue weighted by Crippen LogP contribution is 2.85. The standard InChI is InChI=1S/C27H26ClNO3/c1-17-2-4-18(5-3-17)13-29-9-6-19-10-20(28)11-21(23(19)29)22(30)12-26(7-8-26)27-14-25(15-27,16-27)24(31)32/h2-6,9-11H,7-8,12-16H2,1H3,(H,31,32). The Bertz CT molecular complexity index is 1260. The van der Waals surface area contributed by atoms with E-state index in [1.54, 1.807) is 0 Å². The van der Waals surface area contributed by atoms with E-state index in [0.29, 0.717) is 23.6 Å². The third-order valence-corrected chi connectivity index (χ3v) is 8.78. The maximum atomic E-state index is 13.6. The van der Waals surface area contributed by atoms with Gasteiger partial charge in [0.25, 0.3) is 0 Å². The molecular weight excluding hydrogens is 422 g/mol. The van der Waals surface area contributed by atoms with E-state index in [1.165, 1.54) is 11.1 Å². The number of aromatic nitrogens is 1. The number of aliphatic carboxylic acids is 1. The van der Waals surface area contributed by atoms with Gasteiger partial charge in [-0.05, 0) is 73.6 Å². The lowest BCUT2D eigenvalue weighted by Crippen LogP contribution is -2.69. The van der Waals surface area contributed by atoms with Crippen molar-refractivity contribution in [2.75, 3.05) is 0 Å². The minimum atomic E-state index is -0.660. The Labute approximate surface area is 192 Å². The summed E-state index contributed by atoms with van der Waals surface area (Å²) in [6, 6.07) is 14.2. The number of halogens is 1. The fourth-order valence-electron chi connectivity index (χ4n) is 6.57. The van der Waals surface area contributed by atoms with Crippen LogP contribution in [0.3, 0.4) is 0 Å². The summed E-state index contributed by atoms with van der Waals surface area (Å²) in [5.74, 6) is -0.528. The Morgan fingerprint density at radius 3 is 2.38 bits per heavy atom. The van der Waals surface area contributed by atoms with E-state index in [0.717, 1.165) is 43.0 Å². The van der Waals surface area contributed by atoms with E-state index < -0.39 is 11.4 Å². The number of Topliss-reactive ketones (excluding diaryl/α,β-unsaturated/α-hetero) is 1. The molecule has 2 bridgehead atoms. The number of nitrogens with zero attached hydrogens (tertiary/aromatic N) is 1. The molecule has 3 aromatic rings. The number of benzene rings is 2. The van der Waals surface area contributed by atoms with Gasteiger partial charge in [-0.3, -0.25) is 9.59 Å². The van der Waals surface area contributed by atoms with Crippen LogP contribution in [0.1, 0.15) is 60.0 Å². The van der Waals surface area contributed by atoms with E-state index in [4.69, 9.17) is 11.6 Å². The highest BCUT2D eigenvalue weighted by atomic mass is 35.5. The van der Waals surface area contributed by atoms with Crippen LogP contribution in [0, 0.1) is 23.2 Å². The second kappa shape index (κ2) is 6.48. The first kappa shape index (κ1) is 20.0. The van der Waals surface area contributed by atoms with Crippen LogP contribution in [0.4, 0.5) is 0 Å². The molecule has 0 saturated heterocycles. The van der Waals surface area contributed by atoms with Gasteiger partial charge in [-0.15, -0.1) is 0 Å². The fourth-order valence-corrected chi connectivity index (χ4v) is 6.80. The summed E-state index contributed by atoms with van der Waals surface area (Å²) in [6.45, 7) is 2.77. The molecule has 4 fully saturated rings. The molecule has 164 valence electrons. The van der Waals surface area contributed by atoms with E-state index in [-0.39, 0.29) is 16.6 Å². The predicted molar refractivity (Wildman–Crippen MR) is 124 cm³/mol. The normalized spacial score (nSPS) is 26.9. The van der Waals surface area contributed by atoms with Gasteiger partial charge in [-0.25, -0.2) is 0 Å². The molecule has 0 spiro atoms. The van der Waals surface area contributed by atoms with Crippen LogP contribution in [0.25, 0.3) is 10.9 Å². The summed E-state index contributed by atoms with van der Waals surface area (Å²) < 4.78 is 2.14. The van der Waals surface area contributed by atoms with Crippen LogP contribution < -0.4 is 0 Å². The number of fused-ring (bicyclic) bond motifs is 1. The topological polar surface area (TPSA) is 59.3 Å². The van der Waals surface area contributed by atoms with Crippen molar-refractivity contribution in [3.8, 4) is 0 Å². The van der Waals surface area contributed by atoms with Crippen LogP contribution >= 0.6 is 11.6 Å². The van der Waals surface area contributed by atoms with Crippen molar-refractivity contribution in [1.82, 2.24) is 4.57 Å². The summed E-state index contributed by atoms with van der Waals surface area (Å²) in [5.41, 5.74) is 3.61. The molecule has 4 aliphatic carbocycles. The van der Waals surface area contributed by atoms with Gasteiger partial charge in [0.2, 0.25) is 0 Å². The number of rotatable bonds is 7. The molecule has 0 amide bonds. The monoisotopic (exact) mass is 447 g/mol. The van der Waals surface area contributed by atoms with E-state index in [2.05, 4.69) is 35.8 Å². The Balaban J connectivity index is 1.30. The average Bonchev–Trinajstić information content (AvgIpc) is 3.33. The van der Waals surface area contributed by atoms with Crippen LogP contribution in [-0.2, 0) is 11.3 Å². The number of carbonyl (C=O) groups excluding carboxylic acids is 1. The predicted octanol–water partition coefficient (Wildman–Crippen LogP) is 6.26. The Morgan fingerprint density at radius 2 is 1.75 bits per heavy atom. The van der Waals surface area contributed by atoms with Crippen LogP contribution in [0.5, 0.6) is 0 Å². The molecule has 1 N–H and O–H groups in total. The Morgan fingerprint density at radius 1 is 1.06 bits per heavy atom. The molecule has 0 atom stereocenters. The SMILES string of the molecule is Cc1ccc(Cn2ccc3cc(Cl)cc(C(=O)CC4(C56CC(C(=O)O)(C5)C6)CC4)c32)cc1. The smallest absolute Gasteiger partial charge is 0.309 e. The van der Waals surface area contributed by atoms with Gasteiger partial charge in [0.05, 0.1) is 10.9 Å². The summed E-state index contributed by atoms with van der Waals surface area (Å²) in [4.78, 5) is 25.2. The van der Waals surface area contributed by atoms with Crippen molar-refractivity contribution in [2.45, 2.75) is 52.0 Å². The molecule has 0 radical (unpaired) electrons. The molecule has 1 heterocycles. The fraction of sp³-hybridized carbons (Fsp3) is 0.407. The molecule has 7 rings (SSSR count). The molecule has 4 aliphatic rings. The summed E-state index contributed by atoms with van der Waals surface area (Å²) in [6.07, 6.45) is 6.83. The minimum absolute atomic E-state index is 0.00962. The number of carboxylic acid groups (broad SMARTS) is 1. The van der Waals surface area contributed by atoms with Gasteiger partial charge >= 0.3 is 5.97 Å². The summed E-state index contributed by atoms with van der Waals surface area (Å²) >= 11 is 6.40. The number of aryl methyl sites for hydroxylation is 1. The van der Waals surface area contributed by atoms with Crippen molar-refractivity contribution in [3.05, 3.63) is 70.4 Å². The van der Waals surface area contributed by atoms with E-state index in [9.17, 15) is 14.7 Å². The van der Waals surface area contributed by atoms with Crippen molar-refractivity contribution >= 4 is 34.3 Å². The van der Waals surface area contributed by atoms with Crippen molar-refractivity contribution in [2.24, 2.45) is 16.2 Å². The van der Waals surface area contributed by atoms with Gasteiger partial charge in [0.15, 0.2) is 5.78 Å². The summed E-state index contributed by atoms with van der Waals surface area (Å²) in [7, 11) is 0. The summed E-state index contributed by atoms with van der Waals surface area (Å²) in [5, 5.41) is 11.1. The Hall–Kier alpha value is -2.59. The van der Waals surface area contributed by atoms with Gasteiger partial charge in [-0.2, -0.15) is 0 Å². The quantitative estimate of drug-likeness (QED) is 0.435. The van der Waals surface area contributed by atoms with Crippen molar-refractivity contribution < 1.29 is 14.7 Å². The molecule has 4 saturated carbocycles. The number of hydrogen-bond acceptors (Lipinski definition) is 2. The van der Waals surface area contributed by atoms with E-state index in [1.807, 2.05) is 24.4 Å². The molecule has 5 heteroatoms. The first-order valence-electron chi connectivity index (χ1n) is 11.4. The van der Waals surface area contributed by atoms with Crippen LogP contribution in [-0.4, -0.2) is 21.4 Å². The lowest BCUT2D eigenvalue weighted by molar-refractivity contribution is -0.248. The molecule has 0 unspecified atom stereocenters. The number of carboxylic acids is 1. The van der Waals surface area contributed by atoms with Crippen LogP contribution in [0.2, 0.25) is 5.02 Å². The molecule has 0 aliphatic heterocycles. The van der Waals surface area contributed by atoms with Gasteiger partial charge < -0.3 is 9.67 Å². The molecule has 4 nitrogen and oxygen atoms in total. The van der Waals surface area contributed by atoms with Crippen LogP contribution in [0.15, 0.2) is 48.7 Å². The third-order valence-electron chi connectivity index (χ3n) is 8.56. The van der Waals surface area contributed by atoms with Crippen molar-refractivity contribution in [3.63, 3.8) is 0 Å². The zero-order chi connectivity index (χ0) is 22.3.